The number of aliphatic hydroxyl groups is 8. The Morgan fingerprint density at radius 1 is 0.758 bits per heavy atom. The molecule has 180 valence electrons. The van der Waals surface area contributed by atoms with Gasteiger partial charge in [0.25, 0.3) is 0 Å². The van der Waals surface area contributed by atoms with E-state index in [4.69, 9.17) is 9.47 Å². The van der Waals surface area contributed by atoms with Crippen molar-refractivity contribution in [3.63, 3.8) is 0 Å². The van der Waals surface area contributed by atoms with Gasteiger partial charge in [-0.3, -0.25) is 0 Å². The van der Waals surface area contributed by atoms with E-state index < -0.39 is 74.3 Å². The largest absolute Gasteiger partial charge is 0.394 e. The van der Waals surface area contributed by atoms with Crippen LogP contribution in [0.3, 0.4) is 0 Å². The van der Waals surface area contributed by atoms with Crippen LogP contribution in [-0.4, -0.2) is 114 Å². The lowest BCUT2D eigenvalue weighted by atomic mass is 9.93. The third-order valence-electron chi connectivity index (χ3n) is 6.09. The van der Waals surface area contributed by atoms with Crippen LogP contribution in [0, 0.1) is 11.8 Å². The van der Waals surface area contributed by atoms with Crippen molar-refractivity contribution >= 4 is 10.9 Å². The molecule has 1 aromatic heterocycles. The number of fused-ring (bicyclic) bond motifs is 1. The predicted octanol–water partition coefficient (Wildman–Crippen LogP) is -3.12. The highest BCUT2D eigenvalue weighted by Crippen LogP contribution is 2.33. The zero-order valence-corrected chi connectivity index (χ0v) is 17.4. The van der Waals surface area contributed by atoms with Gasteiger partial charge in [-0.25, -0.2) is 0 Å². The van der Waals surface area contributed by atoms with Crippen LogP contribution in [0.5, 0.6) is 0 Å². The van der Waals surface area contributed by atoms with E-state index in [1.165, 1.54) is 0 Å². The molecule has 2 aliphatic heterocycles. The first-order chi connectivity index (χ1) is 15.7. The Balaban J connectivity index is 1.56. The maximum atomic E-state index is 10.3. The lowest BCUT2D eigenvalue weighted by Gasteiger charge is -2.39. The van der Waals surface area contributed by atoms with Crippen LogP contribution < -0.4 is 0 Å². The molecule has 2 saturated heterocycles. The number of hydrogen-bond donors (Lipinski definition) is 9. The van der Waals surface area contributed by atoms with Gasteiger partial charge in [0, 0.05) is 16.8 Å². The maximum Gasteiger partial charge on any atom is 0.147 e. The maximum absolute atomic E-state index is 10.3. The van der Waals surface area contributed by atoms with Crippen molar-refractivity contribution in [2.75, 3.05) is 13.2 Å². The van der Waals surface area contributed by atoms with E-state index in [9.17, 15) is 40.9 Å². The van der Waals surface area contributed by atoms with Gasteiger partial charge < -0.3 is 55.3 Å². The van der Waals surface area contributed by atoms with Crippen molar-refractivity contribution in [3.8, 4) is 11.8 Å². The van der Waals surface area contributed by atoms with Gasteiger partial charge in [0.05, 0.1) is 13.2 Å². The van der Waals surface area contributed by atoms with Gasteiger partial charge in [0.15, 0.2) is 0 Å². The van der Waals surface area contributed by atoms with Gasteiger partial charge in [-0.15, -0.1) is 0 Å². The van der Waals surface area contributed by atoms with E-state index in [0.29, 0.717) is 16.8 Å². The molecule has 33 heavy (non-hydrogen) atoms. The summed E-state index contributed by atoms with van der Waals surface area (Å²) in [5.74, 6) is 5.52. The number of nitrogens with one attached hydrogen (secondary N) is 1. The summed E-state index contributed by atoms with van der Waals surface area (Å²) in [6, 6.07) is 6.84. The first-order valence-electron chi connectivity index (χ1n) is 10.5. The lowest BCUT2D eigenvalue weighted by Crippen LogP contribution is -2.58. The normalized spacial score (nSPS) is 39.3. The van der Waals surface area contributed by atoms with Gasteiger partial charge >= 0.3 is 0 Å². The van der Waals surface area contributed by atoms with Crippen LogP contribution in [-0.2, 0) is 9.47 Å². The van der Waals surface area contributed by atoms with E-state index in [1.807, 2.05) is 0 Å². The van der Waals surface area contributed by atoms with Crippen molar-refractivity contribution in [1.29, 1.82) is 0 Å². The summed E-state index contributed by atoms with van der Waals surface area (Å²) < 4.78 is 11.0. The number of ether oxygens (including phenoxy) is 2. The third kappa shape index (κ3) is 4.51. The van der Waals surface area contributed by atoms with Crippen molar-refractivity contribution < 1.29 is 50.3 Å². The number of aliphatic hydroxyl groups excluding tert-OH is 8. The van der Waals surface area contributed by atoms with Crippen molar-refractivity contribution in [1.82, 2.24) is 4.98 Å². The molecule has 10 atom stereocenters. The summed E-state index contributed by atoms with van der Waals surface area (Å²) in [6.07, 6.45) is -13.0. The number of aromatic amines is 1. The zero-order valence-electron chi connectivity index (χ0n) is 17.4. The average Bonchev–Trinajstić information content (AvgIpc) is 3.24. The van der Waals surface area contributed by atoms with Crippen LogP contribution in [0.25, 0.3) is 10.9 Å². The summed E-state index contributed by atoms with van der Waals surface area (Å²) in [5, 5.41) is 79.6. The molecular formula is C22H27NO10. The molecule has 2 aliphatic rings. The molecule has 0 saturated carbocycles. The van der Waals surface area contributed by atoms with Gasteiger partial charge in [-0.1, -0.05) is 17.9 Å². The highest BCUT2D eigenvalue weighted by Gasteiger charge is 2.45. The number of aromatic nitrogens is 1. The van der Waals surface area contributed by atoms with E-state index in [-0.39, 0.29) is 0 Å². The fourth-order valence-electron chi connectivity index (χ4n) is 4.11. The summed E-state index contributed by atoms with van der Waals surface area (Å²) in [7, 11) is 0. The minimum Gasteiger partial charge on any atom is -0.394 e. The molecule has 4 rings (SSSR count). The molecule has 0 radical (unpaired) electrons. The zero-order chi connectivity index (χ0) is 23.9. The molecule has 9 N–H and O–H groups in total. The second-order valence-corrected chi connectivity index (χ2v) is 8.30. The third-order valence-corrected chi connectivity index (χ3v) is 6.09. The van der Waals surface area contributed by atoms with Crippen LogP contribution in [0.1, 0.15) is 17.4 Å². The second-order valence-electron chi connectivity index (χ2n) is 8.30. The molecular weight excluding hydrogens is 438 g/mol. The molecule has 0 amide bonds. The molecule has 11 nitrogen and oxygen atoms in total. The van der Waals surface area contributed by atoms with Gasteiger partial charge in [0.2, 0.25) is 0 Å². The summed E-state index contributed by atoms with van der Waals surface area (Å²) in [4.78, 5) is 3.08. The summed E-state index contributed by atoms with van der Waals surface area (Å²) >= 11 is 0. The number of H-pyrrole nitrogens is 1. The molecule has 0 bridgehead atoms. The second kappa shape index (κ2) is 9.65. The standard InChI is InChI=1S/C22H27NO10/c24-7-14-17(27)19(29)16(26)13(32-14)4-2-9-1-3-10-6-12(23-11(10)5-9)22-21(31)20(30)18(28)15(8-25)33-22/h1,3,5-6,13-31H,7-8H2/t13?,14?,15?,16?,17-,18-,19?,20?,21?,22-/m1/s1. The SMILES string of the molecule is OCC1OC(C#Cc2ccc3cc([C@H]4OC(CO)[C@@H](O)C(O)C4O)[nH]c3c2)C(O)C(O)[C@@H]1O. The Hall–Kier alpha value is -2.08. The fourth-order valence-corrected chi connectivity index (χ4v) is 4.11. The summed E-state index contributed by atoms with van der Waals surface area (Å²) in [5.41, 5.74) is 1.59. The molecule has 0 aliphatic carbocycles. The smallest absolute Gasteiger partial charge is 0.147 e. The van der Waals surface area contributed by atoms with E-state index in [1.54, 1.807) is 24.3 Å². The van der Waals surface area contributed by atoms with Crippen LogP contribution >= 0.6 is 0 Å². The molecule has 7 unspecified atom stereocenters. The van der Waals surface area contributed by atoms with E-state index in [2.05, 4.69) is 16.8 Å². The van der Waals surface area contributed by atoms with Crippen LogP contribution in [0.4, 0.5) is 0 Å². The van der Waals surface area contributed by atoms with Crippen molar-refractivity contribution in [3.05, 3.63) is 35.5 Å². The van der Waals surface area contributed by atoms with Gasteiger partial charge in [-0.2, -0.15) is 0 Å². The molecule has 0 spiro atoms. The Morgan fingerprint density at radius 2 is 1.39 bits per heavy atom. The topological polar surface area (TPSA) is 196 Å². The first-order valence-corrected chi connectivity index (χ1v) is 10.5. The Labute approximate surface area is 188 Å². The van der Waals surface area contributed by atoms with E-state index >= 15 is 0 Å². The Bertz CT molecular complexity index is 1030. The first kappa shape index (κ1) is 24.1. The van der Waals surface area contributed by atoms with Crippen LogP contribution in [0.2, 0.25) is 0 Å². The lowest BCUT2D eigenvalue weighted by molar-refractivity contribution is -0.232. The number of benzene rings is 1. The highest BCUT2D eigenvalue weighted by molar-refractivity contribution is 5.82. The fraction of sp³-hybridized carbons (Fsp3) is 0.545. The Morgan fingerprint density at radius 3 is 2.06 bits per heavy atom. The minimum absolute atomic E-state index is 0.431. The predicted molar refractivity (Wildman–Crippen MR) is 112 cm³/mol. The Kier molecular flexibility index (Phi) is 7.04. The number of rotatable bonds is 3. The van der Waals surface area contributed by atoms with Crippen molar-refractivity contribution in [2.45, 2.75) is 61.0 Å². The molecule has 2 aromatic rings. The average molecular weight is 465 g/mol. The monoisotopic (exact) mass is 465 g/mol. The molecule has 2 fully saturated rings. The molecule has 1 aromatic carbocycles. The van der Waals surface area contributed by atoms with Gasteiger partial charge in [-0.05, 0) is 23.6 Å². The minimum atomic E-state index is -1.51. The quantitative estimate of drug-likeness (QED) is 0.209. The molecule has 11 heteroatoms. The summed E-state index contributed by atoms with van der Waals surface area (Å²) in [6.45, 7) is -1.07. The van der Waals surface area contributed by atoms with Crippen LogP contribution in [0.15, 0.2) is 24.3 Å². The highest BCUT2D eigenvalue weighted by atomic mass is 16.6. The van der Waals surface area contributed by atoms with Crippen molar-refractivity contribution in [2.24, 2.45) is 0 Å². The molecule has 3 heterocycles. The van der Waals surface area contributed by atoms with E-state index in [0.717, 1.165) is 5.39 Å². The number of hydrogen-bond acceptors (Lipinski definition) is 10. The van der Waals surface area contributed by atoms with Gasteiger partial charge in [0.1, 0.15) is 61.0 Å².